The molecule has 0 saturated heterocycles. The molecule has 2 aromatic rings. The summed E-state index contributed by atoms with van der Waals surface area (Å²) in [7, 11) is 0. The molecule has 1 saturated carbocycles. The van der Waals surface area contributed by atoms with Gasteiger partial charge in [-0.15, -0.1) is 0 Å². The van der Waals surface area contributed by atoms with E-state index >= 15 is 0 Å². The maximum atomic E-state index is 12.6. The van der Waals surface area contributed by atoms with E-state index < -0.39 is 6.04 Å². The van der Waals surface area contributed by atoms with E-state index in [-0.39, 0.29) is 11.8 Å². The number of H-pyrrole nitrogens is 1. The van der Waals surface area contributed by atoms with Crippen LogP contribution in [0.1, 0.15) is 49.4 Å². The van der Waals surface area contributed by atoms with E-state index in [2.05, 4.69) is 33.3 Å². The van der Waals surface area contributed by atoms with Crippen LogP contribution in [-0.2, 0) is 9.59 Å². The van der Waals surface area contributed by atoms with Crippen LogP contribution in [0.2, 0.25) is 0 Å². The van der Waals surface area contributed by atoms with Crippen LogP contribution in [0.5, 0.6) is 0 Å². The summed E-state index contributed by atoms with van der Waals surface area (Å²) in [4.78, 5) is 26.2. The summed E-state index contributed by atoms with van der Waals surface area (Å²) < 4.78 is 1.63. The highest BCUT2D eigenvalue weighted by atomic mass is 16.2. The highest BCUT2D eigenvalue weighted by Gasteiger charge is 2.26. The first-order valence-electron chi connectivity index (χ1n) is 9.56. The van der Waals surface area contributed by atoms with Crippen molar-refractivity contribution in [3.05, 3.63) is 48.4 Å². The zero-order valence-electron chi connectivity index (χ0n) is 15.9. The third-order valence-corrected chi connectivity index (χ3v) is 5.25. The van der Waals surface area contributed by atoms with Crippen LogP contribution < -0.4 is 5.32 Å². The SMILES string of the molecule is C=CC(=O)N1CCC=C(c2cnn(C(C)C(=O)Nc3cc(C4CC4)[nH]n3)c2)C1. The number of anilines is 1. The second kappa shape index (κ2) is 7.46. The molecule has 2 aromatic heterocycles. The monoisotopic (exact) mass is 380 g/mol. The predicted octanol–water partition coefficient (Wildman–Crippen LogP) is 2.49. The number of carbonyl (C=O) groups excluding carboxylic acids is 2. The van der Waals surface area contributed by atoms with E-state index in [0.29, 0.717) is 24.8 Å². The lowest BCUT2D eigenvalue weighted by atomic mass is 10.0. The van der Waals surface area contributed by atoms with Crippen molar-refractivity contribution in [2.24, 2.45) is 0 Å². The third-order valence-electron chi connectivity index (χ3n) is 5.25. The molecule has 0 aromatic carbocycles. The lowest BCUT2D eigenvalue weighted by molar-refractivity contribution is -0.125. The number of hydrogen-bond acceptors (Lipinski definition) is 4. The predicted molar refractivity (Wildman–Crippen MR) is 106 cm³/mol. The second-order valence-electron chi connectivity index (χ2n) is 7.34. The molecule has 2 aliphatic rings. The van der Waals surface area contributed by atoms with Crippen LogP contribution in [0.4, 0.5) is 5.82 Å². The van der Waals surface area contributed by atoms with Crippen molar-refractivity contribution in [3.63, 3.8) is 0 Å². The average Bonchev–Trinajstić information content (AvgIpc) is 3.26. The van der Waals surface area contributed by atoms with Gasteiger partial charge in [0.25, 0.3) is 0 Å². The zero-order valence-corrected chi connectivity index (χ0v) is 15.9. The summed E-state index contributed by atoms with van der Waals surface area (Å²) in [6, 6.07) is 1.42. The average molecular weight is 380 g/mol. The molecular formula is C20H24N6O2. The van der Waals surface area contributed by atoms with Gasteiger partial charge in [0, 0.05) is 42.5 Å². The Morgan fingerprint density at radius 2 is 2.25 bits per heavy atom. The quantitative estimate of drug-likeness (QED) is 0.753. The molecule has 0 spiro atoms. The number of hydrogen-bond donors (Lipinski definition) is 2. The van der Waals surface area contributed by atoms with Gasteiger partial charge in [-0.25, -0.2) is 0 Å². The fourth-order valence-corrected chi connectivity index (χ4v) is 3.34. The number of nitrogens with one attached hydrogen (secondary N) is 2. The summed E-state index contributed by atoms with van der Waals surface area (Å²) in [6.45, 7) is 6.56. The van der Waals surface area contributed by atoms with E-state index in [9.17, 15) is 9.59 Å². The van der Waals surface area contributed by atoms with E-state index in [1.165, 1.54) is 18.9 Å². The highest BCUT2D eigenvalue weighted by Crippen LogP contribution is 2.39. The maximum absolute atomic E-state index is 12.6. The number of carbonyl (C=O) groups is 2. The van der Waals surface area contributed by atoms with Gasteiger partial charge in [-0.1, -0.05) is 12.7 Å². The molecule has 3 heterocycles. The molecule has 4 rings (SSSR count). The van der Waals surface area contributed by atoms with Crippen molar-refractivity contribution in [1.29, 1.82) is 0 Å². The molecule has 1 unspecified atom stereocenters. The normalized spacial score (nSPS) is 17.8. The highest BCUT2D eigenvalue weighted by molar-refractivity contribution is 5.92. The number of amides is 2. The Kier molecular flexibility index (Phi) is 4.85. The summed E-state index contributed by atoms with van der Waals surface area (Å²) >= 11 is 0. The minimum atomic E-state index is -0.482. The first-order chi connectivity index (χ1) is 13.5. The smallest absolute Gasteiger partial charge is 0.250 e. The Hall–Kier alpha value is -3.16. The third kappa shape index (κ3) is 3.76. The van der Waals surface area contributed by atoms with Crippen molar-refractivity contribution >= 4 is 23.2 Å². The van der Waals surface area contributed by atoms with Gasteiger partial charge >= 0.3 is 0 Å². The van der Waals surface area contributed by atoms with Crippen LogP contribution in [0.25, 0.3) is 5.57 Å². The molecule has 1 aliphatic heterocycles. The lowest BCUT2D eigenvalue weighted by Crippen LogP contribution is -2.34. The minimum absolute atomic E-state index is 0.0738. The van der Waals surface area contributed by atoms with Crippen LogP contribution in [0.15, 0.2) is 37.2 Å². The molecule has 2 N–H and O–H groups in total. The summed E-state index contributed by atoms with van der Waals surface area (Å²) in [6.07, 6.45) is 10.2. The molecule has 8 nitrogen and oxygen atoms in total. The fraction of sp³-hybridized carbons (Fsp3) is 0.400. The van der Waals surface area contributed by atoms with Gasteiger partial charge in [0.1, 0.15) is 6.04 Å². The zero-order chi connectivity index (χ0) is 19.7. The first kappa shape index (κ1) is 18.2. The molecule has 1 aliphatic carbocycles. The number of aromatic nitrogens is 4. The number of rotatable bonds is 6. The van der Waals surface area contributed by atoms with E-state index in [1.807, 2.05) is 12.3 Å². The van der Waals surface area contributed by atoms with E-state index in [0.717, 1.165) is 23.3 Å². The summed E-state index contributed by atoms with van der Waals surface area (Å²) in [5, 5.41) is 14.3. The molecule has 146 valence electrons. The lowest BCUT2D eigenvalue weighted by Gasteiger charge is -2.26. The summed E-state index contributed by atoms with van der Waals surface area (Å²) in [5.41, 5.74) is 3.02. The van der Waals surface area contributed by atoms with Gasteiger partial charge < -0.3 is 10.2 Å². The second-order valence-corrected chi connectivity index (χ2v) is 7.34. The number of nitrogens with zero attached hydrogens (tertiary/aromatic N) is 4. The molecule has 1 atom stereocenters. The molecule has 1 fully saturated rings. The van der Waals surface area contributed by atoms with Crippen molar-refractivity contribution in [2.75, 3.05) is 18.4 Å². The van der Waals surface area contributed by atoms with Crippen molar-refractivity contribution in [3.8, 4) is 0 Å². The molecular weight excluding hydrogens is 356 g/mol. The van der Waals surface area contributed by atoms with Gasteiger partial charge in [-0.2, -0.15) is 10.2 Å². The molecule has 28 heavy (non-hydrogen) atoms. The summed E-state index contributed by atoms with van der Waals surface area (Å²) in [5.74, 6) is 0.847. The van der Waals surface area contributed by atoms with Crippen molar-refractivity contribution < 1.29 is 9.59 Å². The Morgan fingerprint density at radius 3 is 3.00 bits per heavy atom. The van der Waals surface area contributed by atoms with Gasteiger partial charge in [0.2, 0.25) is 11.8 Å². The van der Waals surface area contributed by atoms with Crippen LogP contribution in [0.3, 0.4) is 0 Å². The maximum Gasteiger partial charge on any atom is 0.250 e. The van der Waals surface area contributed by atoms with Gasteiger partial charge in [0.15, 0.2) is 5.82 Å². The standard InChI is InChI=1S/C20H24N6O2/c1-3-19(27)25-8-4-5-15(11-25)16-10-21-26(12-16)13(2)20(28)22-18-9-17(23-24-18)14-6-7-14/h3,5,9-10,12-14H,1,4,6-8,11H2,2H3,(H2,22,23,24,28). The number of aromatic amines is 1. The Labute approximate surface area is 163 Å². The van der Waals surface area contributed by atoms with E-state index in [1.54, 1.807) is 22.7 Å². The molecule has 2 amide bonds. The first-order valence-corrected chi connectivity index (χ1v) is 9.56. The van der Waals surface area contributed by atoms with E-state index in [4.69, 9.17) is 0 Å². The van der Waals surface area contributed by atoms with Gasteiger partial charge in [0.05, 0.1) is 6.20 Å². The van der Waals surface area contributed by atoms with Crippen molar-refractivity contribution in [2.45, 2.75) is 38.1 Å². The molecule has 0 radical (unpaired) electrons. The molecule has 8 heteroatoms. The Morgan fingerprint density at radius 1 is 1.43 bits per heavy atom. The van der Waals surface area contributed by atoms with Gasteiger partial charge in [-0.05, 0) is 37.8 Å². The van der Waals surface area contributed by atoms with Crippen LogP contribution in [0, 0.1) is 0 Å². The Bertz CT molecular complexity index is 936. The largest absolute Gasteiger partial charge is 0.335 e. The van der Waals surface area contributed by atoms with Crippen LogP contribution in [-0.4, -0.2) is 49.8 Å². The van der Waals surface area contributed by atoms with Gasteiger partial charge in [-0.3, -0.25) is 19.4 Å². The Balaban J connectivity index is 1.41. The van der Waals surface area contributed by atoms with Crippen LogP contribution >= 0.6 is 0 Å². The molecule has 0 bridgehead atoms. The minimum Gasteiger partial charge on any atom is -0.335 e. The topological polar surface area (TPSA) is 95.9 Å². The fourth-order valence-electron chi connectivity index (χ4n) is 3.34. The van der Waals surface area contributed by atoms with Crippen molar-refractivity contribution in [1.82, 2.24) is 24.9 Å².